The van der Waals surface area contributed by atoms with Gasteiger partial charge in [0.25, 0.3) is 0 Å². The zero-order valence-corrected chi connectivity index (χ0v) is 21.4. The second kappa shape index (κ2) is 11.7. The highest BCUT2D eigenvalue weighted by atomic mass is 16.6. The molecule has 2 N–H and O–H groups in total. The van der Waals surface area contributed by atoms with Crippen molar-refractivity contribution in [2.75, 3.05) is 0 Å². The molecule has 2 saturated carbocycles. The summed E-state index contributed by atoms with van der Waals surface area (Å²) in [6.07, 6.45) is 11.2. The van der Waals surface area contributed by atoms with Crippen LogP contribution in [0.4, 0.5) is 0 Å². The summed E-state index contributed by atoms with van der Waals surface area (Å²) in [4.78, 5) is 32.5. The van der Waals surface area contributed by atoms with Crippen LogP contribution >= 0.6 is 0 Å². The maximum atomic E-state index is 9.84. The monoisotopic (exact) mass is 526 g/mol. The van der Waals surface area contributed by atoms with Crippen LogP contribution in [0.3, 0.4) is 0 Å². The fourth-order valence-electron chi connectivity index (χ4n) is 7.28. The van der Waals surface area contributed by atoms with Crippen LogP contribution in [0.2, 0.25) is 0 Å². The van der Waals surface area contributed by atoms with E-state index in [0.29, 0.717) is 43.0 Å². The molecule has 0 radical (unpaired) electrons. The summed E-state index contributed by atoms with van der Waals surface area (Å²) in [6, 6.07) is 0. The quantitative estimate of drug-likeness (QED) is 0.496. The Kier molecular flexibility index (Phi) is 9.01. The van der Waals surface area contributed by atoms with E-state index in [9.17, 15) is 10.2 Å². The average molecular weight is 527 g/mol. The van der Waals surface area contributed by atoms with Gasteiger partial charge in [0.05, 0.1) is 60.0 Å². The van der Waals surface area contributed by atoms with E-state index in [-0.39, 0.29) is 35.7 Å². The summed E-state index contributed by atoms with van der Waals surface area (Å²) in [5.41, 5.74) is -0.288. The third kappa shape index (κ3) is 5.62. The predicted octanol–water partition coefficient (Wildman–Crippen LogP) is 1.07. The third-order valence-corrected chi connectivity index (χ3v) is 9.02. The first kappa shape index (κ1) is 28.5. The lowest BCUT2D eigenvalue weighted by Crippen LogP contribution is -2.54. The third-order valence-electron chi connectivity index (χ3n) is 9.02. The van der Waals surface area contributed by atoms with Gasteiger partial charge < -0.3 is 33.9 Å². The van der Waals surface area contributed by atoms with Crippen LogP contribution in [-0.4, -0.2) is 94.8 Å². The van der Waals surface area contributed by atoms with Crippen LogP contribution in [0.25, 0.3) is 0 Å². The normalized spacial score (nSPS) is 49.4. The molecule has 0 aromatic heterocycles. The molecule has 7 aliphatic rings. The minimum Gasteiger partial charge on any atom is -0.390 e. The van der Waals surface area contributed by atoms with Gasteiger partial charge >= 0.3 is 12.3 Å². The minimum atomic E-state index is -0.736. The van der Waals surface area contributed by atoms with Gasteiger partial charge in [0.1, 0.15) is 12.2 Å². The van der Waals surface area contributed by atoms with Crippen molar-refractivity contribution in [2.45, 2.75) is 150 Å². The molecular weight excluding hydrogens is 488 g/mol. The molecule has 37 heavy (non-hydrogen) atoms. The van der Waals surface area contributed by atoms with Gasteiger partial charge in [-0.25, -0.2) is 0 Å². The van der Waals surface area contributed by atoms with E-state index in [0.717, 1.165) is 44.9 Å². The molecule has 0 aromatic carbocycles. The average Bonchev–Trinajstić information content (AvgIpc) is 3.47. The van der Waals surface area contributed by atoms with E-state index in [1.807, 2.05) is 0 Å². The molecule has 208 valence electrons. The van der Waals surface area contributed by atoms with Crippen LogP contribution in [0, 0.1) is 0 Å². The van der Waals surface area contributed by atoms with Crippen molar-refractivity contribution >= 4 is 12.3 Å². The Labute approximate surface area is 216 Å². The fraction of sp³-hybridized carbons (Fsp3) is 0.923. The van der Waals surface area contributed by atoms with Crippen molar-refractivity contribution in [1.82, 2.24) is 0 Å². The summed E-state index contributed by atoms with van der Waals surface area (Å²) < 4.78 is 30.0. The molecule has 5 saturated heterocycles. The molecular formula is C26H38O11. The first-order chi connectivity index (χ1) is 17.8. The van der Waals surface area contributed by atoms with Gasteiger partial charge in [0, 0.05) is 25.7 Å². The number of carbonyl (C=O) groups excluding carboxylic acids is 4. The van der Waals surface area contributed by atoms with E-state index in [1.165, 1.54) is 12.8 Å². The Balaban J connectivity index is 0.000000143. The van der Waals surface area contributed by atoms with Gasteiger partial charge in [0.15, 0.2) is 0 Å². The largest absolute Gasteiger partial charge is 0.390 e. The molecule has 7 rings (SSSR count). The molecule has 0 amide bonds. The van der Waals surface area contributed by atoms with Crippen molar-refractivity contribution in [2.24, 2.45) is 0 Å². The molecule has 2 aliphatic carbocycles. The molecule has 4 bridgehead atoms. The van der Waals surface area contributed by atoms with Crippen LogP contribution in [-0.2, 0) is 42.9 Å². The van der Waals surface area contributed by atoms with E-state index in [1.54, 1.807) is 0 Å². The van der Waals surface area contributed by atoms with Gasteiger partial charge in [-0.15, -0.1) is 0 Å². The Morgan fingerprint density at radius 1 is 0.676 bits per heavy atom. The second-order valence-corrected chi connectivity index (χ2v) is 11.1. The highest BCUT2D eigenvalue weighted by Crippen LogP contribution is 2.55. The fourth-order valence-corrected chi connectivity index (χ4v) is 7.28. The molecule has 0 aromatic rings. The molecule has 11 nitrogen and oxygen atoms in total. The second-order valence-electron chi connectivity index (χ2n) is 11.1. The molecule has 5 aliphatic heterocycles. The van der Waals surface area contributed by atoms with Crippen LogP contribution in [0.15, 0.2) is 0 Å². The van der Waals surface area contributed by atoms with E-state index >= 15 is 0 Å². The number of hydrogen-bond donors (Lipinski definition) is 2. The Hall–Kier alpha value is -1.52. The van der Waals surface area contributed by atoms with Crippen LogP contribution in [0.5, 0.6) is 0 Å². The van der Waals surface area contributed by atoms with E-state index in [2.05, 4.69) is 13.8 Å². The summed E-state index contributed by atoms with van der Waals surface area (Å²) in [7, 11) is 0. The van der Waals surface area contributed by atoms with Gasteiger partial charge in [-0.05, 0) is 38.5 Å². The molecule has 2 spiro atoms. The predicted molar refractivity (Wildman–Crippen MR) is 121 cm³/mol. The summed E-state index contributed by atoms with van der Waals surface area (Å²) in [5, 5.41) is 19.6. The topological polar surface area (TPSA) is 158 Å². The van der Waals surface area contributed by atoms with Gasteiger partial charge in [-0.2, -0.15) is 19.2 Å². The van der Waals surface area contributed by atoms with Crippen molar-refractivity contribution in [3.05, 3.63) is 0 Å². The Morgan fingerprint density at radius 3 is 1.62 bits per heavy atom. The molecule has 12 atom stereocenters. The lowest BCUT2D eigenvalue weighted by molar-refractivity contribution is -0.193. The van der Waals surface area contributed by atoms with E-state index < -0.39 is 12.2 Å². The van der Waals surface area contributed by atoms with Crippen molar-refractivity contribution in [3.8, 4) is 0 Å². The van der Waals surface area contributed by atoms with Crippen molar-refractivity contribution < 1.29 is 53.1 Å². The molecule has 11 heteroatoms. The van der Waals surface area contributed by atoms with E-state index in [4.69, 9.17) is 42.9 Å². The lowest BCUT2D eigenvalue weighted by Gasteiger charge is -2.44. The number of hydrogen-bond acceptors (Lipinski definition) is 11. The zero-order valence-electron chi connectivity index (χ0n) is 21.4. The number of aliphatic hydroxyl groups excluding tert-OH is 2. The molecule has 0 unspecified atom stereocenters. The van der Waals surface area contributed by atoms with Gasteiger partial charge in [-0.1, -0.05) is 13.8 Å². The van der Waals surface area contributed by atoms with Crippen LogP contribution < -0.4 is 0 Å². The maximum absolute atomic E-state index is 9.84. The molecule has 7 fully saturated rings. The number of epoxide rings is 1. The SMILES string of the molecule is CC[C@H]1CC[C@@H]2O[C@@H]3C[C@]2(C[C@@H](O)[C@H]3O)O1.CC[C@H]1CC[C@@H]2O[C@@H]3C[C@]2(C[C@H]2O[C@H]23)O1.O=C=O.O=C=O. The first-order valence-electron chi connectivity index (χ1n) is 13.4. The highest BCUT2D eigenvalue weighted by Gasteiger charge is 2.66. The van der Waals surface area contributed by atoms with Gasteiger partial charge in [0.2, 0.25) is 0 Å². The number of fused-ring (bicyclic) bond motifs is 4. The van der Waals surface area contributed by atoms with Crippen molar-refractivity contribution in [1.29, 1.82) is 0 Å². The number of ether oxygens (including phenoxy) is 5. The maximum Gasteiger partial charge on any atom is 0.373 e. The standard InChI is InChI=1S/C12H20O4.C12H18O3.2CO2/c1-2-7-3-4-10-12(16-7)5-8(13)11(14)9(6-12)15-10;1-2-7-3-4-10-12(15-7)5-8(13-10)11-9(6-12)14-11;2*2-1-3/h7-11,13-14H,2-6H2,1H3;7-11H,2-6H2,1H3;;/t7-,8+,9+,10-,11+,12-;7-,8+,9+,10-,11-,12+;;/m00../s1. The zero-order chi connectivity index (χ0) is 26.8. The number of aliphatic hydroxyl groups is 2. The highest BCUT2D eigenvalue weighted by molar-refractivity contribution is 5.20. The van der Waals surface area contributed by atoms with Crippen LogP contribution in [0.1, 0.15) is 78.1 Å². The van der Waals surface area contributed by atoms with Gasteiger partial charge in [-0.3, -0.25) is 0 Å². The smallest absolute Gasteiger partial charge is 0.373 e. The summed E-state index contributed by atoms with van der Waals surface area (Å²) in [6.45, 7) is 4.34. The molecule has 5 heterocycles. The summed E-state index contributed by atoms with van der Waals surface area (Å²) in [5.74, 6) is 0. The van der Waals surface area contributed by atoms with Crippen molar-refractivity contribution in [3.63, 3.8) is 0 Å². The minimum absolute atomic E-state index is 0.0290. The Bertz CT molecular complexity index is 835. The lowest BCUT2D eigenvalue weighted by atomic mass is 9.76. The summed E-state index contributed by atoms with van der Waals surface area (Å²) >= 11 is 0. The number of rotatable bonds is 2. The Morgan fingerprint density at radius 2 is 1.11 bits per heavy atom. The first-order valence-corrected chi connectivity index (χ1v) is 13.4.